The lowest BCUT2D eigenvalue weighted by Crippen LogP contribution is -2.34. The molecule has 2 aromatic carbocycles. The van der Waals surface area contributed by atoms with Crippen molar-refractivity contribution in [2.45, 2.75) is 33.4 Å². The topological polar surface area (TPSA) is 105 Å². The van der Waals surface area contributed by atoms with Gasteiger partial charge < -0.3 is 16.0 Å². The maximum Gasteiger partial charge on any atom is 0.319 e. The third kappa shape index (κ3) is 4.98. The Labute approximate surface area is 168 Å². The van der Waals surface area contributed by atoms with E-state index in [2.05, 4.69) is 20.9 Å². The average molecular weight is 393 g/mol. The van der Waals surface area contributed by atoms with Crippen LogP contribution in [0.2, 0.25) is 0 Å². The van der Waals surface area contributed by atoms with Crippen LogP contribution in [0.4, 0.5) is 16.2 Å². The number of hydrogen-bond donors (Lipinski definition) is 3. The first-order chi connectivity index (χ1) is 13.8. The molecule has 0 spiro atoms. The number of fused-ring (bicyclic) bond motifs is 1. The molecular weight excluding hydrogens is 370 g/mol. The smallest absolute Gasteiger partial charge is 0.319 e. The van der Waals surface area contributed by atoms with Gasteiger partial charge in [0, 0.05) is 17.4 Å². The van der Waals surface area contributed by atoms with E-state index < -0.39 is 0 Å². The molecule has 0 aliphatic heterocycles. The predicted molar refractivity (Wildman–Crippen MR) is 113 cm³/mol. The third-order valence-electron chi connectivity index (χ3n) is 4.22. The highest BCUT2D eigenvalue weighted by Gasteiger charge is 2.10. The number of amides is 3. The van der Waals surface area contributed by atoms with Crippen molar-refractivity contribution in [1.82, 2.24) is 14.9 Å². The van der Waals surface area contributed by atoms with Crippen molar-refractivity contribution in [3.63, 3.8) is 0 Å². The van der Waals surface area contributed by atoms with Gasteiger partial charge in [-0.3, -0.25) is 14.2 Å². The molecule has 3 amide bonds. The van der Waals surface area contributed by atoms with Gasteiger partial charge in [-0.1, -0.05) is 12.1 Å². The molecule has 0 unspecified atom stereocenters. The molecule has 0 aliphatic carbocycles. The van der Waals surface area contributed by atoms with Crippen molar-refractivity contribution in [1.29, 1.82) is 0 Å². The van der Waals surface area contributed by atoms with Crippen molar-refractivity contribution < 1.29 is 9.59 Å². The molecule has 3 N–H and O–H groups in total. The number of rotatable bonds is 5. The molecule has 150 valence electrons. The second-order valence-corrected chi connectivity index (χ2v) is 7.03. The standard InChI is InChI=1S/C21H23N5O3/c1-13(2)23-21(29)25-16-9-7-15(8-10-16)24-18(27)11-26-12-22-19-14(3)5-4-6-17(19)20(26)28/h4-10,12-13H,11H2,1-3H3,(H,24,27)(H2,23,25,29). The second kappa shape index (κ2) is 8.55. The van der Waals surface area contributed by atoms with Crippen LogP contribution in [0.15, 0.2) is 53.6 Å². The molecule has 3 rings (SSSR count). The molecule has 0 aliphatic rings. The van der Waals surface area contributed by atoms with E-state index in [-0.39, 0.29) is 30.1 Å². The number of carbonyl (C=O) groups excluding carboxylic acids is 2. The van der Waals surface area contributed by atoms with Gasteiger partial charge >= 0.3 is 6.03 Å². The number of urea groups is 1. The molecule has 8 heteroatoms. The first kappa shape index (κ1) is 20.1. The SMILES string of the molecule is Cc1cccc2c(=O)n(CC(=O)Nc3ccc(NC(=O)NC(C)C)cc3)cnc12. The van der Waals surface area contributed by atoms with Crippen molar-refractivity contribution in [3.05, 3.63) is 64.7 Å². The number of nitrogens with one attached hydrogen (secondary N) is 3. The monoisotopic (exact) mass is 393 g/mol. The Morgan fingerprint density at radius 3 is 2.34 bits per heavy atom. The number of anilines is 2. The quantitative estimate of drug-likeness (QED) is 0.620. The second-order valence-electron chi connectivity index (χ2n) is 7.03. The summed E-state index contributed by atoms with van der Waals surface area (Å²) in [7, 11) is 0. The van der Waals surface area contributed by atoms with Crippen LogP contribution in [0.5, 0.6) is 0 Å². The van der Waals surface area contributed by atoms with Gasteiger partial charge in [0.05, 0.1) is 17.2 Å². The van der Waals surface area contributed by atoms with Gasteiger partial charge in [-0.2, -0.15) is 0 Å². The van der Waals surface area contributed by atoms with Crippen molar-refractivity contribution >= 4 is 34.2 Å². The Bertz CT molecular complexity index is 1100. The number of hydrogen-bond acceptors (Lipinski definition) is 4. The summed E-state index contributed by atoms with van der Waals surface area (Å²) in [5.74, 6) is -0.348. The van der Waals surface area contributed by atoms with E-state index in [1.807, 2.05) is 26.8 Å². The molecule has 0 saturated carbocycles. The summed E-state index contributed by atoms with van der Waals surface area (Å²) in [4.78, 5) is 40.9. The number of carbonyl (C=O) groups is 2. The molecule has 1 aromatic heterocycles. The largest absolute Gasteiger partial charge is 0.336 e. The zero-order valence-electron chi connectivity index (χ0n) is 16.5. The van der Waals surface area contributed by atoms with Gasteiger partial charge in [-0.05, 0) is 56.7 Å². The molecule has 0 saturated heterocycles. The number of aryl methyl sites for hydroxylation is 1. The maximum atomic E-state index is 12.6. The Kier molecular flexibility index (Phi) is 5.92. The fourth-order valence-electron chi connectivity index (χ4n) is 2.87. The number of para-hydroxylation sites is 1. The number of benzene rings is 2. The van der Waals surface area contributed by atoms with Crippen LogP contribution in [0.3, 0.4) is 0 Å². The minimum atomic E-state index is -0.348. The van der Waals surface area contributed by atoms with Crippen LogP contribution in [-0.4, -0.2) is 27.5 Å². The van der Waals surface area contributed by atoms with Crippen LogP contribution in [-0.2, 0) is 11.3 Å². The lowest BCUT2D eigenvalue weighted by Gasteiger charge is -2.11. The number of aromatic nitrogens is 2. The Morgan fingerprint density at radius 2 is 1.69 bits per heavy atom. The van der Waals surface area contributed by atoms with E-state index in [0.29, 0.717) is 22.3 Å². The van der Waals surface area contributed by atoms with Gasteiger partial charge in [0.1, 0.15) is 6.54 Å². The van der Waals surface area contributed by atoms with Crippen molar-refractivity contribution in [2.24, 2.45) is 0 Å². The van der Waals surface area contributed by atoms with E-state index >= 15 is 0 Å². The summed E-state index contributed by atoms with van der Waals surface area (Å²) in [6.07, 6.45) is 1.39. The van der Waals surface area contributed by atoms with Crippen LogP contribution in [0.1, 0.15) is 19.4 Å². The zero-order valence-corrected chi connectivity index (χ0v) is 16.5. The van der Waals surface area contributed by atoms with Gasteiger partial charge in [0.2, 0.25) is 5.91 Å². The maximum absolute atomic E-state index is 12.6. The molecule has 0 atom stereocenters. The molecule has 1 heterocycles. The normalized spacial score (nSPS) is 10.8. The van der Waals surface area contributed by atoms with Crippen LogP contribution < -0.4 is 21.5 Å². The summed E-state index contributed by atoms with van der Waals surface area (Å²) in [6, 6.07) is 11.8. The Balaban J connectivity index is 1.65. The van der Waals surface area contributed by atoms with E-state index in [4.69, 9.17) is 0 Å². The summed E-state index contributed by atoms with van der Waals surface area (Å²) in [5.41, 5.74) is 2.45. The van der Waals surface area contributed by atoms with Crippen LogP contribution in [0.25, 0.3) is 10.9 Å². The highest BCUT2D eigenvalue weighted by atomic mass is 16.2. The third-order valence-corrected chi connectivity index (χ3v) is 4.22. The summed E-state index contributed by atoms with van der Waals surface area (Å²) >= 11 is 0. The van der Waals surface area contributed by atoms with Gasteiger partial charge in [-0.15, -0.1) is 0 Å². The number of nitrogens with zero attached hydrogens (tertiary/aromatic N) is 2. The fourth-order valence-corrected chi connectivity index (χ4v) is 2.87. The Hall–Kier alpha value is -3.68. The van der Waals surface area contributed by atoms with E-state index in [0.717, 1.165) is 5.56 Å². The van der Waals surface area contributed by atoms with E-state index in [1.165, 1.54) is 10.9 Å². The van der Waals surface area contributed by atoms with Gasteiger partial charge in [-0.25, -0.2) is 9.78 Å². The molecular formula is C21H23N5O3. The molecule has 0 fully saturated rings. The minimum absolute atomic E-state index is 0.0329. The van der Waals surface area contributed by atoms with E-state index in [1.54, 1.807) is 36.4 Å². The minimum Gasteiger partial charge on any atom is -0.336 e. The Morgan fingerprint density at radius 1 is 1.03 bits per heavy atom. The summed E-state index contributed by atoms with van der Waals surface area (Å²) in [6.45, 7) is 5.48. The first-order valence-corrected chi connectivity index (χ1v) is 9.25. The van der Waals surface area contributed by atoms with Crippen molar-refractivity contribution in [2.75, 3.05) is 10.6 Å². The van der Waals surface area contributed by atoms with Crippen LogP contribution >= 0.6 is 0 Å². The van der Waals surface area contributed by atoms with E-state index in [9.17, 15) is 14.4 Å². The summed E-state index contributed by atoms with van der Waals surface area (Å²) in [5, 5.41) is 8.65. The van der Waals surface area contributed by atoms with Crippen LogP contribution in [0, 0.1) is 6.92 Å². The van der Waals surface area contributed by atoms with Gasteiger partial charge in [0.15, 0.2) is 0 Å². The lowest BCUT2D eigenvalue weighted by molar-refractivity contribution is -0.116. The molecule has 3 aromatic rings. The lowest BCUT2D eigenvalue weighted by atomic mass is 10.1. The van der Waals surface area contributed by atoms with Gasteiger partial charge in [0.25, 0.3) is 5.56 Å². The molecule has 0 bridgehead atoms. The fraction of sp³-hybridized carbons (Fsp3) is 0.238. The molecule has 29 heavy (non-hydrogen) atoms. The summed E-state index contributed by atoms with van der Waals surface area (Å²) < 4.78 is 1.28. The zero-order chi connectivity index (χ0) is 21.0. The van der Waals surface area contributed by atoms with Crippen molar-refractivity contribution in [3.8, 4) is 0 Å². The molecule has 8 nitrogen and oxygen atoms in total. The highest BCUT2D eigenvalue weighted by Crippen LogP contribution is 2.14. The molecule has 0 radical (unpaired) electrons. The average Bonchev–Trinajstić information content (AvgIpc) is 2.65. The highest BCUT2D eigenvalue weighted by molar-refractivity contribution is 5.92. The first-order valence-electron chi connectivity index (χ1n) is 9.25. The predicted octanol–water partition coefficient (Wildman–Crippen LogP) is 2.87.